The van der Waals surface area contributed by atoms with Crippen LogP contribution in [0.2, 0.25) is 0 Å². The zero-order valence-electron chi connectivity index (χ0n) is 7.05. The molecule has 0 aliphatic rings. The summed E-state index contributed by atoms with van der Waals surface area (Å²) in [5, 5.41) is 15.4. The number of nitrogens with two attached hydrogens (primary N) is 1. The van der Waals surface area contributed by atoms with E-state index in [1.54, 1.807) is 0 Å². The topological polar surface area (TPSA) is 87.2 Å². The van der Waals surface area contributed by atoms with Gasteiger partial charge in [-0.3, -0.25) is 10.2 Å². The first-order valence-corrected chi connectivity index (χ1v) is 3.92. The normalized spacial score (nSPS) is 12.4. The molecule has 0 radical (unpaired) electrons. The molecular weight excluding hydrogens is 156 g/mol. The van der Waals surface area contributed by atoms with Gasteiger partial charge in [0.2, 0.25) is 0 Å². The molecule has 4 heteroatoms. The first-order chi connectivity index (χ1) is 5.54. The highest BCUT2D eigenvalue weighted by Crippen LogP contribution is 2.02. The summed E-state index contributed by atoms with van der Waals surface area (Å²) in [4.78, 5) is 10.2. The van der Waals surface area contributed by atoms with Gasteiger partial charge < -0.3 is 10.8 Å². The molecule has 0 aliphatic heterocycles. The van der Waals surface area contributed by atoms with Gasteiger partial charge in [0, 0.05) is 6.42 Å². The van der Waals surface area contributed by atoms with Gasteiger partial charge in [-0.15, -0.1) is 0 Å². The van der Waals surface area contributed by atoms with Gasteiger partial charge in [-0.05, 0) is 12.8 Å². The molecule has 0 aliphatic carbocycles. The van der Waals surface area contributed by atoms with Gasteiger partial charge in [-0.1, -0.05) is 6.42 Å². The highest BCUT2D eigenvalue weighted by atomic mass is 16.4. The molecular formula is C8H15N2O2+. The second-order valence-electron chi connectivity index (χ2n) is 2.79. The fourth-order valence-corrected chi connectivity index (χ4v) is 0.826. The van der Waals surface area contributed by atoms with Crippen LogP contribution < -0.4 is 5.73 Å². The van der Waals surface area contributed by atoms with Crippen LogP contribution >= 0.6 is 0 Å². The molecule has 0 aromatic rings. The molecule has 0 bridgehead atoms. The molecule has 0 spiro atoms. The Labute approximate surface area is 72.3 Å². The number of hydrogen-bond donors (Lipinski definition) is 3. The minimum Gasteiger partial charge on any atom is -0.480 e. The van der Waals surface area contributed by atoms with Gasteiger partial charge in [-0.25, -0.2) is 0 Å². The van der Waals surface area contributed by atoms with Crippen LogP contribution in [-0.4, -0.2) is 22.8 Å². The van der Waals surface area contributed by atoms with Crippen molar-refractivity contribution in [2.45, 2.75) is 31.7 Å². The average Bonchev–Trinajstić information content (AvgIpc) is 1.97. The highest BCUT2D eigenvalue weighted by molar-refractivity contribution is 5.85. The van der Waals surface area contributed by atoms with Crippen LogP contribution in [0.4, 0.5) is 0 Å². The number of carbonyl (C=O) groups is 1. The Bertz CT molecular complexity index is 168. The summed E-state index contributed by atoms with van der Waals surface area (Å²) in [7, 11) is 0. The summed E-state index contributed by atoms with van der Waals surface area (Å²) in [5.41, 5.74) is 5.65. The van der Waals surface area contributed by atoms with Crippen molar-refractivity contribution in [3.05, 3.63) is 6.92 Å². The maximum absolute atomic E-state index is 10.2. The first-order valence-electron chi connectivity index (χ1n) is 3.92. The molecule has 4 N–H and O–H groups in total. The summed E-state index contributed by atoms with van der Waals surface area (Å²) < 4.78 is 0. The fourth-order valence-electron chi connectivity index (χ4n) is 0.826. The predicted molar refractivity (Wildman–Crippen MR) is 47.2 cm³/mol. The number of hydrogen-bond acceptors (Lipinski definition) is 3. The van der Waals surface area contributed by atoms with Crippen LogP contribution in [-0.2, 0) is 4.79 Å². The van der Waals surface area contributed by atoms with Crippen molar-refractivity contribution in [1.29, 1.82) is 5.41 Å². The van der Waals surface area contributed by atoms with Crippen LogP contribution in [0.1, 0.15) is 25.7 Å². The molecule has 68 valence electrons. The minimum atomic E-state index is -0.959. The molecule has 1 atom stereocenters. The second-order valence-corrected chi connectivity index (χ2v) is 2.79. The van der Waals surface area contributed by atoms with Gasteiger partial charge in [0.15, 0.2) is 5.71 Å². The van der Waals surface area contributed by atoms with E-state index in [0.717, 1.165) is 12.8 Å². The van der Waals surface area contributed by atoms with Crippen LogP contribution in [0.15, 0.2) is 0 Å². The van der Waals surface area contributed by atoms with Gasteiger partial charge in [0.05, 0.1) is 0 Å². The quantitative estimate of drug-likeness (QED) is 0.314. The van der Waals surface area contributed by atoms with Crippen molar-refractivity contribution in [3.63, 3.8) is 0 Å². The predicted octanol–water partition coefficient (Wildman–Crippen LogP) is 0.813. The van der Waals surface area contributed by atoms with E-state index >= 15 is 0 Å². The first kappa shape index (κ1) is 11.0. The lowest BCUT2D eigenvalue weighted by Crippen LogP contribution is -2.29. The Balaban J connectivity index is 3.31. The number of carboxylic acid groups (broad SMARTS) is 1. The molecule has 0 heterocycles. The summed E-state index contributed by atoms with van der Waals surface area (Å²) in [6.07, 6.45) is 2.64. The minimum absolute atomic E-state index is 0.388. The largest absolute Gasteiger partial charge is 0.480 e. The molecule has 0 saturated heterocycles. The summed E-state index contributed by atoms with van der Waals surface area (Å²) in [6, 6.07) is -0.760. The molecule has 0 rings (SSSR count). The van der Waals surface area contributed by atoms with E-state index in [0.29, 0.717) is 18.6 Å². The van der Waals surface area contributed by atoms with Gasteiger partial charge in [0.25, 0.3) is 0 Å². The Morgan fingerprint density at radius 1 is 1.58 bits per heavy atom. The van der Waals surface area contributed by atoms with E-state index in [-0.39, 0.29) is 0 Å². The van der Waals surface area contributed by atoms with E-state index in [9.17, 15) is 4.79 Å². The van der Waals surface area contributed by atoms with E-state index in [1.807, 2.05) is 0 Å². The van der Waals surface area contributed by atoms with Gasteiger partial charge in [-0.2, -0.15) is 0 Å². The van der Waals surface area contributed by atoms with Crippen molar-refractivity contribution in [2.75, 3.05) is 0 Å². The molecule has 0 aromatic heterocycles. The molecule has 0 fully saturated rings. The lowest BCUT2D eigenvalue weighted by molar-refractivity contribution is -0.138. The smallest absolute Gasteiger partial charge is 0.320 e. The lowest BCUT2D eigenvalue weighted by atomic mass is 10.1. The second kappa shape index (κ2) is 5.60. The highest BCUT2D eigenvalue weighted by Gasteiger charge is 2.10. The van der Waals surface area contributed by atoms with Crippen LogP contribution in [0, 0.1) is 12.3 Å². The summed E-state index contributed by atoms with van der Waals surface area (Å²) >= 11 is 0. The van der Waals surface area contributed by atoms with Crippen molar-refractivity contribution in [2.24, 2.45) is 5.73 Å². The molecule has 0 saturated carbocycles. The van der Waals surface area contributed by atoms with E-state index in [4.69, 9.17) is 16.2 Å². The van der Waals surface area contributed by atoms with Gasteiger partial charge >= 0.3 is 5.97 Å². The molecule has 0 amide bonds. The fraction of sp³-hybridized carbons (Fsp3) is 0.625. The van der Waals surface area contributed by atoms with Crippen LogP contribution in [0.5, 0.6) is 0 Å². The Morgan fingerprint density at radius 2 is 2.17 bits per heavy atom. The Morgan fingerprint density at radius 3 is 2.58 bits per heavy atom. The zero-order chi connectivity index (χ0) is 9.56. The number of aliphatic carboxylic acids is 1. The standard InChI is InChI=1S/C8H14N2O2/c1-6(9)4-2-3-5-7(10)8(11)12/h7,9H,1-5,10H2/p+1/t7-/m0/s1. The Kier molecular flexibility index (Phi) is 5.12. The maximum Gasteiger partial charge on any atom is 0.320 e. The van der Waals surface area contributed by atoms with Crippen LogP contribution in [0.3, 0.4) is 0 Å². The van der Waals surface area contributed by atoms with E-state index in [1.165, 1.54) is 0 Å². The van der Waals surface area contributed by atoms with Crippen molar-refractivity contribution < 1.29 is 9.90 Å². The summed E-state index contributed by atoms with van der Waals surface area (Å²) in [5.74, 6) is -0.959. The van der Waals surface area contributed by atoms with E-state index < -0.39 is 12.0 Å². The average molecular weight is 171 g/mol. The third-order valence-electron chi connectivity index (χ3n) is 1.56. The Hall–Kier alpha value is -1.03. The van der Waals surface area contributed by atoms with Crippen LogP contribution in [0.25, 0.3) is 0 Å². The number of nitrogens with one attached hydrogen (secondary N) is 1. The van der Waals surface area contributed by atoms with Crippen molar-refractivity contribution >= 4 is 11.7 Å². The molecule has 0 aromatic carbocycles. The number of unbranched alkanes of at least 4 members (excludes halogenated alkanes) is 1. The van der Waals surface area contributed by atoms with Crippen molar-refractivity contribution in [3.8, 4) is 0 Å². The third-order valence-corrected chi connectivity index (χ3v) is 1.56. The SMILES string of the molecule is [CH2+]C(=N)CCCC[C@H](N)C(=O)O. The monoisotopic (exact) mass is 171 g/mol. The van der Waals surface area contributed by atoms with Gasteiger partial charge in [0.1, 0.15) is 13.0 Å². The van der Waals surface area contributed by atoms with Crippen molar-refractivity contribution in [1.82, 2.24) is 0 Å². The number of rotatable bonds is 6. The molecule has 4 nitrogen and oxygen atoms in total. The maximum atomic E-state index is 10.2. The van der Waals surface area contributed by atoms with E-state index in [2.05, 4.69) is 6.92 Å². The summed E-state index contributed by atoms with van der Waals surface area (Å²) in [6.45, 7) is 3.43. The number of carboxylic acids is 1. The third kappa shape index (κ3) is 5.73. The lowest BCUT2D eigenvalue weighted by Gasteiger charge is -2.03. The zero-order valence-corrected chi connectivity index (χ0v) is 7.05. The molecule has 12 heavy (non-hydrogen) atoms. The molecule has 0 unspecified atom stereocenters.